The van der Waals surface area contributed by atoms with Crippen LogP contribution in [0, 0.1) is 0 Å². The molecule has 0 radical (unpaired) electrons. The molecule has 1 aliphatic heterocycles. The van der Waals surface area contributed by atoms with Gasteiger partial charge < -0.3 is 14.9 Å². The first-order valence-corrected chi connectivity index (χ1v) is 17.8. The molecule has 10 rings (SSSR count). The highest BCUT2D eigenvalue weighted by Gasteiger charge is 2.44. The van der Waals surface area contributed by atoms with Gasteiger partial charge in [0.05, 0.1) is 22.0 Å². The van der Waals surface area contributed by atoms with Crippen LogP contribution < -0.4 is 5.73 Å². The Bertz CT molecular complexity index is 2540. The number of nitrogen functional groups attached to an aromatic ring is 1. The van der Waals surface area contributed by atoms with Gasteiger partial charge in [-0.15, -0.1) is 11.8 Å². The highest BCUT2D eigenvalue weighted by atomic mass is 32.2. The Morgan fingerprint density at radius 2 is 1.48 bits per heavy atom. The van der Waals surface area contributed by atoms with Crippen molar-refractivity contribution in [2.24, 2.45) is 0 Å². The van der Waals surface area contributed by atoms with Crippen molar-refractivity contribution in [3.8, 4) is 5.69 Å². The molecule has 0 fully saturated rings. The summed E-state index contributed by atoms with van der Waals surface area (Å²) in [6, 6.07) is 42.2. The number of hydrogen-bond donors (Lipinski definition) is 1. The third kappa shape index (κ3) is 3.78. The topological polar surface area (TPSA) is 35.9 Å². The number of fused-ring (bicyclic) bond motifs is 9. The minimum atomic E-state index is -0.229. The molecular formula is C44H35N3S. The van der Waals surface area contributed by atoms with Crippen molar-refractivity contribution < 1.29 is 0 Å². The second-order valence-corrected chi connectivity index (χ2v) is 14.9. The molecule has 3 aliphatic rings. The monoisotopic (exact) mass is 637 g/mol. The second kappa shape index (κ2) is 10.2. The molecule has 3 nitrogen and oxygen atoms in total. The van der Waals surface area contributed by atoms with E-state index in [0.717, 1.165) is 11.4 Å². The van der Waals surface area contributed by atoms with Gasteiger partial charge in [-0.25, -0.2) is 0 Å². The van der Waals surface area contributed by atoms with Gasteiger partial charge in [0.25, 0.3) is 0 Å². The van der Waals surface area contributed by atoms with Gasteiger partial charge >= 0.3 is 0 Å². The fourth-order valence-electron chi connectivity index (χ4n) is 8.86. The second-order valence-electron chi connectivity index (χ2n) is 13.7. The van der Waals surface area contributed by atoms with Gasteiger partial charge in [0.15, 0.2) is 0 Å². The Balaban J connectivity index is 1.11. The van der Waals surface area contributed by atoms with Crippen molar-refractivity contribution in [1.29, 1.82) is 0 Å². The molecule has 4 heteroatoms. The Kier molecular flexibility index (Phi) is 5.90. The molecule has 4 unspecified atom stereocenters. The number of nitrogens with zero attached hydrogens (tertiary/aromatic N) is 2. The number of allylic oxidation sites excluding steroid dienone is 4. The number of rotatable bonds is 3. The predicted molar refractivity (Wildman–Crippen MR) is 204 cm³/mol. The van der Waals surface area contributed by atoms with Crippen molar-refractivity contribution in [2.45, 2.75) is 41.4 Å². The molecule has 48 heavy (non-hydrogen) atoms. The molecule has 2 aromatic heterocycles. The maximum atomic E-state index is 6.07. The van der Waals surface area contributed by atoms with E-state index in [9.17, 15) is 0 Å². The average Bonchev–Trinajstić information content (AvgIpc) is 3.78. The maximum Gasteiger partial charge on any atom is 0.0771 e. The lowest BCUT2D eigenvalue weighted by Gasteiger charge is -2.38. The van der Waals surface area contributed by atoms with Crippen LogP contribution in [0.25, 0.3) is 50.0 Å². The quantitative estimate of drug-likeness (QED) is 0.196. The molecule has 0 saturated heterocycles. The zero-order valence-corrected chi connectivity index (χ0v) is 27.8. The Morgan fingerprint density at radius 3 is 2.33 bits per heavy atom. The molecule has 2 N–H and O–H groups in total. The number of aromatic nitrogens is 2. The summed E-state index contributed by atoms with van der Waals surface area (Å²) < 4.78 is 5.01. The van der Waals surface area contributed by atoms with E-state index in [4.69, 9.17) is 5.73 Å². The fourth-order valence-corrected chi connectivity index (χ4v) is 10.3. The number of benzene rings is 5. The summed E-state index contributed by atoms with van der Waals surface area (Å²) in [6.07, 6.45) is 11.8. The van der Waals surface area contributed by atoms with Crippen molar-refractivity contribution >= 4 is 61.8 Å². The summed E-state index contributed by atoms with van der Waals surface area (Å²) >= 11 is 2.01. The van der Waals surface area contributed by atoms with Crippen molar-refractivity contribution in [3.63, 3.8) is 0 Å². The molecule has 7 aromatic rings. The van der Waals surface area contributed by atoms with E-state index in [-0.39, 0.29) is 11.5 Å². The first-order chi connectivity index (χ1) is 23.5. The highest BCUT2D eigenvalue weighted by Crippen LogP contribution is 2.55. The predicted octanol–water partition coefficient (Wildman–Crippen LogP) is 11.1. The van der Waals surface area contributed by atoms with Gasteiger partial charge in [0, 0.05) is 49.4 Å². The van der Waals surface area contributed by atoms with Crippen LogP contribution in [0.2, 0.25) is 0 Å². The van der Waals surface area contributed by atoms with Crippen LogP contribution in [-0.2, 0) is 5.54 Å². The Labute approximate surface area is 284 Å². The lowest BCUT2D eigenvalue weighted by molar-refractivity contribution is 0.456. The molecule has 2 aliphatic carbocycles. The maximum absolute atomic E-state index is 6.07. The SMILES string of the molecule is CC1c2c(n(-c3ccc(N)cc3)c3ccccc23)C=CC1c1ccc2c(c1)c1ccccc1n2C1(C)C=CC=C2c3ccccc3SC21. The van der Waals surface area contributed by atoms with E-state index < -0.39 is 0 Å². The smallest absolute Gasteiger partial charge is 0.0771 e. The van der Waals surface area contributed by atoms with E-state index in [1.165, 1.54) is 65.6 Å². The average molecular weight is 638 g/mol. The molecule has 232 valence electrons. The lowest BCUT2D eigenvalue weighted by atomic mass is 9.78. The summed E-state index contributed by atoms with van der Waals surface area (Å²) in [5.74, 6) is 0.560. The fraction of sp³-hybridized carbons (Fsp3) is 0.136. The Morgan fingerprint density at radius 1 is 0.750 bits per heavy atom. The van der Waals surface area contributed by atoms with Crippen LogP contribution in [0.5, 0.6) is 0 Å². The van der Waals surface area contributed by atoms with Crippen LogP contribution in [0.1, 0.15) is 48.1 Å². The molecular weight excluding hydrogens is 603 g/mol. The van der Waals surface area contributed by atoms with E-state index in [1.54, 1.807) is 0 Å². The summed E-state index contributed by atoms with van der Waals surface area (Å²) in [4.78, 5) is 1.38. The van der Waals surface area contributed by atoms with Crippen LogP contribution in [0.4, 0.5) is 5.69 Å². The summed E-state index contributed by atoms with van der Waals surface area (Å²) in [6.45, 7) is 4.82. The zero-order chi connectivity index (χ0) is 32.1. The number of nitrogens with two attached hydrogens (primary N) is 1. The first kappa shape index (κ1) is 27.9. The summed E-state index contributed by atoms with van der Waals surface area (Å²) in [5.41, 5.74) is 18.4. The minimum absolute atomic E-state index is 0.229. The third-order valence-electron chi connectivity index (χ3n) is 11.1. The van der Waals surface area contributed by atoms with Gasteiger partial charge in [-0.05, 0) is 95.8 Å². The van der Waals surface area contributed by atoms with Crippen molar-refractivity contribution in [3.05, 3.63) is 162 Å². The normalized spacial score (nSPS) is 22.6. The van der Waals surface area contributed by atoms with Gasteiger partial charge in [0.1, 0.15) is 0 Å². The molecule has 0 bridgehead atoms. The minimum Gasteiger partial charge on any atom is -0.399 e. The van der Waals surface area contributed by atoms with Gasteiger partial charge in [-0.3, -0.25) is 0 Å². The van der Waals surface area contributed by atoms with Crippen molar-refractivity contribution in [2.75, 3.05) is 5.73 Å². The molecule has 0 spiro atoms. The highest BCUT2D eigenvalue weighted by molar-refractivity contribution is 8.01. The van der Waals surface area contributed by atoms with Crippen LogP contribution in [0.3, 0.4) is 0 Å². The zero-order valence-electron chi connectivity index (χ0n) is 27.0. The molecule has 5 aromatic carbocycles. The van der Waals surface area contributed by atoms with Crippen LogP contribution in [-0.4, -0.2) is 14.4 Å². The molecule has 4 atom stereocenters. The Hall–Kier alpha value is -5.19. The summed E-state index contributed by atoms with van der Waals surface area (Å²) in [7, 11) is 0. The molecule has 0 saturated carbocycles. The van der Waals surface area contributed by atoms with E-state index in [0.29, 0.717) is 11.2 Å². The van der Waals surface area contributed by atoms with Gasteiger partial charge in [0.2, 0.25) is 0 Å². The van der Waals surface area contributed by atoms with Crippen molar-refractivity contribution in [1.82, 2.24) is 9.13 Å². The van der Waals surface area contributed by atoms with Gasteiger partial charge in [-0.2, -0.15) is 0 Å². The number of para-hydroxylation sites is 2. The molecule has 3 heterocycles. The number of hydrogen-bond acceptors (Lipinski definition) is 2. The van der Waals surface area contributed by atoms with Crippen LogP contribution in [0.15, 0.2) is 144 Å². The van der Waals surface area contributed by atoms with E-state index >= 15 is 0 Å². The van der Waals surface area contributed by atoms with Crippen LogP contribution >= 0.6 is 11.8 Å². The number of thioether (sulfide) groups is 1. The number of anilines is 1. The van der Waals surface area contributed by atoms with E-state index in [1.807, 2.05) is 23.9 Å². The first-order valence-electron chi connectivity index (χ1n) is 16.9. The molecule has 0 amide bonds. The largest absolute Gasteiger partial charge is 0.399 e. The summed E-state index contributed by atoms with van der Waals surface area (Å²) in [5, 5.41) is 4.26. The standard InChI is InChI=1S/C44H35N3S/c1-27-31(22-24-40-42(27)35-12-4-6-14-37(35)46(40)30-20-18-29(45)19-21-30)28-17-23-39-36(26-28)32-10-3-7-15-38(32)47(39)44(2)25-9-13-34-33-11-5-8-16-41(33)48-43(34)44/h3-27,31,43H,45H2,1-2H3. The lowest BCUT2D eigenvalue weighted by Crippen LogP contribution is -2.39. The van der Waals surface area contributed by atoms with E-state index in [2.05, 4.69) is 156 Å². The van der Waals surface area contributed by atoms with Gasteiger partial charge in [-0.1, -0.05) is 91.9 Å². The third-order valence-corrected chi connectivity index (χ3v) is 12.7.